The van der Waals surface area contributed by atoms with Gasteiger partial charge in [-0.05, 0) is 55.9 Å². The van der Waals surface area contributed by atoms with E-state index in [2.05, 4.69) is 32.2 Å². The lowest BCUT2D eigenvalue weighted by molar-refractivity contribution is -0.115. The molecule has 1 aliphatic heterocycles. The molecular formula is C22H26F2N4O3. The molecule has 0 atom stereocenters. The van der Waals surface area contributed by atoms with Crippen molar-refractivity contribution in [2.24, 2.45) is 0 Å². The summed E-state index contributed by atoms with van der Waals surface area (Å²) in [5, 5.41) is 5.27. The fraction of sp³-hybridized carbons (Fsp3) is 0.364. The van der Waals surface area contributed by atoms with Gasteiger partial charge in [0.25, 0.3) is 5.91 Å². The molecule has 0 spiro atoms. The number of ether oxygens (including phenoxy) is 1. The van der Waals surface area contributed by atoms with Crippen LogP contribution in [0.15, 0.2) is 42.5 Å². The smallest absolute Gasteiger partial charge is 0.387 e. The Morgan fingerprint density at radius 3 is 2.52 bits per heavy atom. The minimum Gasteiger partial charge on any atom is -0.435 e. The van der Waals surface area contributed by atoms with Crippen molar-refractivity contribution in [1.29, 1.82) is 0 Å². The molecule has 0 bridgehead atoms. The van der Waals surface area contributed by atoms with E-state index in [4.69, 9.17) is 0 Å². The van der Waals surface area contributed by atoms with Gasteiger partial charge >= 0.3 is 6.61 Å². The number of halogens is 2. The highest BCUT2D eigenvalue weighted by molar-refractivity contribution is 5.99. The number of piperazine rings is 1. The van der Waals surface area contributed by atoms with Crippen LogP contribution in [0.25, 0.3) is 0 Å². The zero-order chi connectivity index (χ0) is 22.4. The molecule has 2 aromatic carbocycles. The van der Waals surface area contributed by atoms with E-state index in [-0.39, 0.29) is 23.8 Å². The molecular weight excluding hydrogens is 406 g/mol. The number of likely N-dealkylation sites (N-methyl/N-ethyl adjacent to an activating group) is 1. The van der Waals surface area contributed by atoms with Crippen LogP contribution >= 0.6 is 0 Å². The first-order valence-corrected chi connectivity index (χ1v) is 9.99. The molecule has 2 amide bonds. The summed E-state index contributed by atoms with van der Waals surface area (Å²) in [6.45, 7) is 2.62. The molecule has 31 heavy (non-hydrogen) atoms. The molecule has 2 aromatic rings. The third-order valence-corrected chi connectivity index (χ3v) is 5.08. The molecule has 166 valence electrons. The summed E-state index contributed by atoms with van der Waals surface area (Å²) in [7, 11) is 2.11. The van der Waals surface area contributed by atoms with Gasteiger partial charge in [-0.3, -0.25) is 9.59 Å². The second kappa shape index (κ2) is 10.2. The highest BCUT2D eigenvalue weighted by atomic mass is 19.3. The molecule has 2 N–H and O–H groups in total. The van der Waals surface area contributed by atoms with Crippen molar-refractivity contribution in [3.05, 3.63) is 53.6 Å². The number of nitrogens with one attached hydrogen (secondary N) is 2. The van der Waals surface area contributed by atoms with E-state index in [1.54, 1.807) is 0 Å². The number of hydrogen-bond acceptors (Lipinski definition) is 5. The maximum atomic E-state index is 12.3. The van der Waals surface area contributed by atoms with Gasteiger partial charge in [0.2, 0.25) is 5.91 Å². The summed E-state index contributed by atoms with van der Waals surface area (Å²) in [5.74, 6) is -1.07. The maximum Gasteiger partial charge on any atom is 0.387 e. The Morgan fingerprint density at radius 2 is 1.84 bits per heavy atom. The Hall–Kier alpha value is -3.20. The van der Waals surface area contributed by atoms with Crippen molar-refractivity contribution >= 4 is 23.2 Å². The Labute approximate surface area is 180 Å². The second-order valence-corrected chi connectivity index (χ2v) is 7.43. The topological polar surface area (TPSA) is 73.9 Å². The molecule has 1 heterocycles. The molecule has 3 rings (SSSR count). The standard InChI is InChI=1S/C22H26F2N4O3/c1-15-12-17(28-10-8-27(2)9-11-28)6-7-19(15)26-20(29)14-25-21(30)16-4-3-5-18(13-16)31-22(23)24/h3-7,12-13,22H,8-11,14H2,1-2H3,(H,25,30)(H,26,29). The Bertz CT molecular complexity index is 931. The van der Waals surface area contributed by atoms with E-state index in [0.717, 1.165) is 37.4 Å². The monoisotopic (exact) mass is 432 g/mol. The van der Waals surface area contributed by atoms with Crippen LogP contribution in [0.4, 0.5) is 20.2 Å². The van der Waals surface area contributed by atoms with Gasteiger partial charge in [0, 0.05) is 43.1 Å². The predicted molar refractivity (Wildman–Crippen MR) is 115 cm³/mol. The maximum absolute atomic E-state index is 12.3. The van der Waals surface area contributed by atoms with E-state index in [0.29, 0.717) is 5.69 Å². The van der Waals surface area contributed by atoms with Gasteiger partial charge in [0.15, 0.2) is 0 Å². The third-order valence-electron chi connectivity index (χ3n) is 5.08. The molecule has 0 unspecified atom stereocenters. The SMILES string of the molecule is Cc1cc(N2CCN(C)CC2)ccc1NC(=O)CNC(=O)c1cccc(OC(F)F)c1. The van der Waals surface area contributed by atoms with E-state index in [1.807, 2.05) is 25.1 Å². The van der Waals surface area contributed by atoms with Crippen LogP contribution in [0.1, 0.15) is 15.9 Å². The zero-order valence-corrected chi connectivity index (χ0v) is 17.5. The normalized spacial score (nSPS) is 14.4. The minimum atomic E-state index is -2.98. The summed E-state index contributed by atoms with van der Waals surface area (Å²) in [6.07, 6.45) is 0. The lowest BCUT2D eigenvalue weighted by atomic mass is 10.1. The molecule has 7 nitrogen and oxygen atoms in total. The highest BCUT2D eigenvalue weighted by Gasteiger charge is 2.16. The number of rotatable bonds is 7. The van der Waals surface area contributed by atoms with E-state index < -0.39 is 12.5 Å². The van der Waals surface area contributed by atoms with Crippen molar-refractivity contribution in [3.63, 3.8) is 0 Å². The van der Waals surface area contributed by atoms with Gasteiger partial charge in [-0.25, -0.2) is 0 Å². The number of benzene rings is 2. The lowest BCUT2D eigenvalue weighted by Gasteiger charge is -2.34. The number of carbonyl (C=O) groups is 2. The van der Waals surface area contributed by atoms with Crippen LogP contribution in [0.2, 0.25) is 0 Å². The summed E-state index contributed by atoms with van der Waals surface area (Å²) < 4.78 is 28.9. The van der Waals surface area contributed by atoms with Crippen molar-refractivity contribution in [3.8, 4) is 5.75 Å². The van der Waals surface area contributed by atoms with Crippen molar-refractivity contribution in [1.82, 2.24) is 10.2 Å². The third kappa shape index (κ3) is 6.39. The number of amides is 2. The molecule has 1 saturated heterocycles. The van der Waals surface area contributed by atoms with Crippen molar-refractivity contribution in [2.75, 3.05) is 50.0 Å². The fourth-order valence-corrected chi connectivity index (χ4v) is 3.32. The van der Waals surface area contributed by atoms with Gasteiger partial charge in [0.1, 0.15) is 5.75 Å². The number of hydrogen-bond donors (Lipinski definition) is 2. The second-order valence-electron chi connectivity index (χ2n) is 7.43. The zero-order valence-electron chi connectivity index (χ0n) is 17.5. The van der Waals surface area contributed by atoms with Crippen molar-refractivity contribution < 1.29 is 23.1 Å². The van der Waals surface area contributed by atoms with Crippen LogP contribution in [-0.2, 0) is 4.79 Å². The van der Waals surface area contributed by atoms with E-state index in [1.165, 1.54) is 24.3 Å². The summed E-state index contributed by atoms with van der Waals surface area (Å²) in [4.78, 5) is 29.1. The quantitative estimate of drug-likeness (QED) is 0.704. The number of anilines is 2. The van der Waals surface area contributed by atoms with Crippen LogP contribution in [0.5, 0.6) is 5.75 Å². The van der Waals surface area contributed by atoms with Gasteiger partial charge in [-0.15, -0.1) is 0 Å². The fourth-order valence-electron chi connectivity index (χ4n) is 3.32. The first-order valence-electron chi connectivity index (χ1n) is 9.99. The van der Waals surface area contributed by atoms with Gasteiger partial charge in [-0.1, -0.05) is 6.07 Å². The van der Waals surface area contributed by atoms with Gasteiger partial charge in [0.05, 0.1) is 6.54 Å². The van der Waals surface area contributed by atoms with Gasteiger partial charge in [-0.2, -0.15) is 8.78 Å². The lowest BCUT2D eigenvalue weighted by Crippen LogP contribution is -2.44. The van der Waals surface area contributed by atoms with Crippen LogP contribution < -0.4 is 20.3 Å². The highest BCUT2D eigenvalue weighted by Crippen LogP contribution is 2.23. The summed E-state index contributed by atoms with van der Waals surface area (Å²) in [5.41, 5.74) is 2.83. The first-order chi connectivity index (χ1) is 14.8. The molecule has 0 aliphatic carbocycles. The largest absolute Gasteiger partial charge is 0.435 e. The average Bonchev–Trinajstić information content (AvgIpc) is 2.74. The Balaban J connectivity index is 1.53. The van der Waals surface area contributed by atoms with E-state index >= 15 is 0 Å². The molecule has 9 heteroatoms. The Morgan fingerprint density at radius 1 is 1.10 bits per heavy atom. The number of alkyl halides is 2. The minimum absolute atomic E-state index is 0.122. The predicted octanol–water partition coefficient (Wildman–Crippen LogP) is 2.72. The molecule has 0 saturated carbocycles. The van der Waals surface area contributed by atoms with Crippen LogP contribution in [-0.4, -0.2) is 63.1 Å². The average molecular weight is 432 g/mol. The Kier molecular flexibility index (Phi) is 7.41. The van der Waals surface area contributed by atoms with Crippen molar-refractivity contribution in [2.45, 2.75) is 13.5 Å². The summed E-state index contributed by atoms with van der Waals surface area (Å²) in [6, 6.07) is 11.3. The molecule has 0 aromatic heterocycles. The first kappa shape index (κ1) is 22.5. The number of carbonyl (C=O) groups excluding carboxylic acids is 2. The molecule has 1 fully saturated rings. The van der Waals surface area contributed by atoms with E-state index in [9.17, 15) is 18.4 Å². The van der Waals surface area contributed by atoms with Gasteiger partial charge < -0.3 is 25.2 Å². The molecule has 1 aliphatic rings. The number of aryl methyl sites for hydroxylation is 1. The van der Waals surface area contributed by atoms with Crippen LogP contribution in [0, 0.1) is 6.92 Å². The van der Waals surface area contributed by atoms with Crippen LogP contribution in [0.3, 0.4) is 0 Å². The molecule has 0 radical (unpaired) electrons. The summed E-state index contributed by atoms with van der Waals surface area (Å²) >= 11 is 0. The number of nitrogens with zero attached hydrogens (tertiary/aromatic N) is 2.